The molecule has 0 heterocycles. The summed E-state index contributed by atoms with van der Waals surface area (Å²) in [7, 11) is 0. The van der Waals surface area contributed by atoms with Crippen LogP contribution in [0.15, 0.2) is 0 Å². The van der Waals surface area contributed by atoms with Gasteiger partial charge in [0.25, 0.3) is 0 Å². The van der Waals surface area contributed by atoms with E-state index in [1.165, 1.54) is 0 Å². The predicted molar refractivity (Wildman–Crippen MR) is 67.1 cm³/mol. The van der Waals surface area contributed by atoms with Crippen LogP contribution in [0, 0.1) is 5.92 Å². The molecule has 1 unspecified atom stereocenters. The molecule has 0 aromatic carbocycles. The average Bonchev–Trinajstić information content (AvgIpc) is 2.32. The summed E-state index contributed by atoms with van der Waals surface area (Å²) < 4.78 is 0. The summed E-state index contributed by atoms with van der Waals surface area (Å²) in [6, 6.07) is -0.451. The Morgan fingerprint density at radius 3 is 2.28 bits per heavy atom. The van der Waals surface area contributed by atoms with Crippen LogP contribution >= 0.6 is 0 Å². The first kappa shape index (κ1) is 16.4. The van der Waals surface area contributed by atoms with E-state index in [0.29, 0.717) is 19.0 Å². The van der Waals surface area contributed by atoms with Crippen molar-refractivity contribution in [2.45, 2.75) is 40.0 Å². The lowest BCUT2D eigenvalue weighted by Gasteiger charge is -2.23. The van der Waals surface area contributed by atoms with Gasteiger partial charge in [-0.05, 0) is 12.8 Å². The Bertz CT molecular complexity index is 304. The molecule has 0 bridgehead atoms. The lowest BCUT2D eigenvalue weighted by atomic mass is 10.1. The van der Waals surface area contributed by atoms with E-state index in [4.69, 9.17) is 5.11 Å². The zero-order chi connectivity index (χ0) is 14.1. The smallest absolute Gasteiger partial charge is 0.324 e. The molecule has 0 aromatic heterocycles. The van der Waals surface area contributed by atoms with Crippen molar-refractivity contribution in [2.24, 2.45) is 5.92 Å². The van der Waals surface area contributed by atoms with Crippen LogP contribution in [-0.4, -0.2) is 41.0 Å². The molecule has 0 saturated carbocycles. The third-order valence-electron chi connectivity index (χ3n) is 2.71. The first-order chi connectivity index (χ1) is 8.40. The van der Waals surface area contributed by atoms with Gasteiger partial charge in [-0.3, -0.25) is 14.9 Å². The predicted octanol–water partition coefficient (Wildman–Crippen LogP) is 1.46. The molecule has 0 radical (unpaired) electrons. The molecule has 0 saturated heterocycles. The average molecular weight is 258 g/mol. The van der Waals surface area contributed by atoms with Crippen molar-refractivity contribution in [3.63, 3.8) is 0 Å². The van der Waals surface area contributed by atoms with Gasteiger partial charge in [-0.1, -0.05) is 20.3 Å². The highest BCUT2D eigenvalue weighted by molar-refractivity contribution is 5.95. The van der Waals surface area contributed by atoms with Crippen LogP contribution in [0.25, 0.3) is 0 Å². The second-order valence-electron chi connectivity index (χ2n) is 4.30. The normalized spacial score (nSPS) is 11.7. The molecule has 6 heteroatoms. The van der Waals surface area contributed by atoms with Crippen molar-refractivity contribution in [1.82, 2.24) is 10.2 Å². The third-order valence-corrected chi connectivity index (χ3v) is 2.71. The third kappa shape index (κ3) is 6.88. The molecular weight excluding hydrogens is 236 g/mol. The Morgan fingerprint density at radius 2 is 1.83 bits per heavy atom. The van der Waals surface area contributed by atoms with E-state index in [0.717, 1.165) is 6.42 Å². The van der Waals surface area contributed by atoms with Crippen LogP contribution in [-0.2, 0) is 9.59 Å². The molecule has 104 valence electrons. The van der Waals surface area contributed by atoms with Crippen LogP contribution in [0.2, 0.25) is 0 Å². The summed E-state index contributed by atoms with van der Waals surface area (Å²) in [6.07, 6.45) is 0.509. The quantitative estimate of drug-likeness (QED) is 0.723. The van der Waals surface area contributed by atoms with Crippen LogP contribution in [0.4, 0.5) is 4.79 Å². The molecule has 2 N–H and O–H groups in total. The van der Waals surface area contributed by atoms with E-state index in [9.17, 15) is 14.4 Å². The topological polar surface area (TPSA) is 86.7 Å². The van der Waals surface area contributed by atoms with Gasteiger partial charge >= 0.3 is 12.0 Å². The van der Waals surface area contributed by atoms with E-state index in [-0.39, 0.29) is 12.8 Å². The maximum absolute atomic E-state index is 11.7. The van der Waals surface area contributed by atoms with Crippen molar-refractivity contribution < 1.29 is 19.5 Å². The van der Waals surface area contributed by atoms with Gasteiger partial charge in [0.05, 0.1) is 6.42 Å². The van der Waals surface area contributed by atoms with Gasteiger partial charge in [-0.2, -0.15) is 0 Å². The Morgan fingerprint density at radius 1 is 1.22 bits per heavy atom. The van der Waals surface area contributed by atoms with Crippen molar-refractivity contribution in [3.05, 3.63) is 0 Å². The number of carbonyl (C=O) groups is 3. The molecule has 0 aliphatic carbocycles. The maximum atomic E-state index is 11.7. The number of nitrogens with one attached hydrogen (secondary N) is 1. The largest absolute Gasteiger partial charge is 0.481 e. The summed E-state index contributed by atoms with van der Waals surface area (Å²) >= 11 is 0. The number of urea groups is 1. The van der Waals surface area contributed by atoms with Crippen LogP contribution in [0.5, 0.6) is 0 Å². The Hall–Kier alpha value is -1.59. The fraction of sp³-hybridized carbons (Fsp3) is 0.750. The van der Waals surface area contributed by atoms with Crippen LogP contribution in [0.1, 0.15) is 40.0 Å². The fourth-order valence-electron chi connectivity index (χ4n) is 1.34. The minimum absolute atomic E-state index is 0.179. The number of carboxylic acid groups (broad SMARTS) is 1. The highest BCUT2D eigenvalue weighted by atomic mass is 16.4. The van der Waals surface area contributed by atoms with Crippen molar-refractivity contribution in [1.29, 1.82) is 0 Å². The first-order valence-corrected chi connectivity index (χ1v) is 6.21. The summed E-state index contributed by atoms with van der Waals surface area (Å²) in [5, 5.41) is 10.6. The molecule has 18 heavy (non-hydrogen) atoms. The Balaban J connectivity index is 4.18. The van der Waals surface area contributed by atoms with Gasteiger partial charge in [-0.25, -0.2) is 4.79 Å². The molecule has 0 rings (SSSR count). The highest BCUT2D eigenvalue weighted by Gasteiger charge is 2.16. The number of hydrogen-bond donors (Lipinski definition) is 2. The molecule has 3 amide bonds. The maximum Gasteiger partial charge on any atom is 0.324 e. The summed E-state index contributed by atoms with van der Waals surface area (Å²) in [6.45, 7) is 7.01. The van der Waals surface area contributed by atoms with Gasteiger partial charge < -0.3 is 10.0 Å². The zero-order valence-electron chi connectivity index (χ0n) is 11.2. The van der Waals surface area contributed by atoms with E-state index >= 15 is 0 Å². The molecule has 0 spiro atoms. The lowest BCUT2D eigenvalue weighted by molar-refractivity contribution is -0.138. The van der Waals surface area contributed by atoms with Crippen LogP contribution < -0.4 is 5.32 Å². The molecular formula is C12H22N2O4. The van der Waals surface area contributed by atoms with Crippen LogP contribution in [0.3, 0.4) is 0 Å². The Kier molecular flexibility index (Phi) is 7.74. The monoisotopic (exact) mass is 258 g/mol. The van der Waals surface area contributed by atoms with E-state index in [2.05, 4.69) is 5.32 Å². The number of hydrogen-bond acceptors (Lipinski definition) is 3. The van der Waals surface area contributed by atoms with E-state index < -0.39 is 17.9 Å². The number of imide groups is 1. The lowest BCUT2D eigenvalue weighted by Crippen LogP contribution is -2.44. The second kappa shape index (κ2) is 8.49. The number of aliphatic carboxylic acids is 1. The van der Waals surface area contributed by atoms with Crippen molar-refractivity contribution in [2.75, 3.05) is 13.1 Å². The number of carboxylic acids is 1. The molecule has 0 fully saturated rings. The number of amides is 3. The molecule has 0 aliphatic heterocycles. The molecule has 0 aromatic rings. The summed E-state index contributed by atoms with van der Waals surface area (Å²) in [5.41, 5.74) is 0. The SMILES string of the molecule is CCC(C)CN(CC)C(=O)NC(=O)CCC(=O)O. The number of nitrogens with zero attached hydrogens (tertiary/aromatic N) is 1. The number of rotatable bonds is 7. The van der Waals surface area contributed by atoms with Crippen molar-refractivity contribution >= 4 is 17.9 Å². The molecule has 6 nitrogen and oxygen atoms in total. The molecule has 1 atom stereocenters. The van der Waals surface area contributed by atoms with Gasteiger partial charge in [0, 0.05) is 19.5 Å². The number of carbonyl (C=O) groups excluding carboxylic acids is 2. The first-order valence-electron chi connectivity index (χ1n) is 6.21. The van der Waals surface area contributed by atoms with E-state index in [1.54, 1.807) is 4.90 Å². The van der Waals surface area contributed by atoms with Gasteiger partial charge in [-0.15, -0.1) is 0 Å². The second-order valence-corrected chi connectivity index (χ2v) is 4.30. The van der Waals surface area contributed by atoms with Gasteiger partial charge in [0.1, 0.15) is 0 Å². The Labute approximate surface area is 107 Å². The summed E-state index contributed by atoms with van der Waals surface area (Å²) in [4.78, 5) is 34.9. The highest BCUT2D eigenvalue weighted by Crippen LogP contribution is 2.04. The van der Waals surface area contributed by atoms with Crippen molar-refractivity contribution in [3.8, 4) is 0 Å². The zero-order valence-corrected chi connectivity index (χ0v) is 11.2. The van der Waals surface area contributed by atoms with E-state index in [1.807, 2.05) is 20.8 Å². The van der Waals surface area contributed by atoms with Gasteiger partial charge in [0.2, 0.25) is 5.91 Å². The van der Waals surface area contributed by atoms with Gasteiger partial charge in [0.15, 0.2) is 0 Å². The fourth-order valence-corrected chi connectivity index (χ4v) is 1.34. The summed E-state index contributed by atoms with van der Waals surface area (Å²) in [5.74, 6) is -1.24. The molecule has 0 aliphatic rings. The standard InChI is InChI=1S/C12H22N2O4/c1-4-9(3)8-14(5-2)12(18)13-10(15)6-7-11(16)17/h9H,4-8H2,1-3H3,(H,16,17)(H,13,15,18). The minimum Gasteiger partial charge on any atom is -0.481 e. The minimum atomic E-state index is -1.05.